The van der Waals surface area contributed by atoms with Gasteiger partial charge in [-0.05, 0) is 31.2 Å². The first-order valence-electron chi connectivity index (χ1n) is 4.88. The molecule has 1 fully saturated rings. The van der Waals surface area contributed by atoms with Crippen LogP contribution < -0.4 is 5.32 Å². The lowest BCUT2D eigenvalue weighted by atomic mass is 9.97. The van der Waals surface area contributed by atoms with E-state index >= 15 is 0 Å². The summed E-state index contributed by atoms with van der Waals surface area (Å²) >= 11 is 11.8. The first kappa shape index (κ1) is 10.9. The highest BCUT2D eigenvalue weighted by Gasteiger charge is 2.25. The lowest BCUT2D eigenvalue weighted by molar-refractivity contribution is 0.0930. The van der Waals surface area contributed by atoms with Crippen molar-refractivity contribution in [2.45, 2.75) is 6.42 Å². The lowest BCUT2D eigenvalue weighted by Crippen LogP contribution is -2.18. The summed E-state index contributed by atoms with van der Waals surface area (Å²) < 4.78 is 0. The minimum absolute atomic E-state index is 0.0426. The summed E-state index contributed by atoms with van der Waals surface area (Å²) in [6, 6.07) is 5.00. The van der Waals surface area contributed by atoms with E-state index in [-0.39, 0.29) is 11.7 Å². The second-order valence-electron chi connectivity index (χ2n) is 3.68. The fourth-order valence-electron chi connectivity index (χ4n) is 1.78. The monoisotopic (exact) mass is 243 g/mol. The molecular weight excluding hydrogens is 233 g/mol. The smallest absolute Gasteiger partial charge is 0.168 e. The van der Waals surface area contributed by atoms with Gasteiger partial charge in [0.15, 0.2) is 5.78 Å². The molecular formula is C11H11Cl2NO. The van der Waals surface area contributed by atoms with E-state index in [9.17, 15) is 4.79 Å². The molecule has 1 aromatic carbocycles. The number of Topliss-reactive ketones (excluding diaryl/α,β-unsaturated/α-hetero) is 1. The zero-order valence-electron chi connectivity index (χ0n) is 8.09. The van der Waals surface area contributed by atoms with Crippen LogP contribution in [0.4, 0.5) is 0 Å². The van der Waals surface area contributed by atoms with Gasteiger partial charge in [0.25, 0.3) is 0 Å². The number of carbonyl (C=O) groups excluding carboxylic acids is 1. The van der Waals surface area contributed by atoms with Crippen LogP contribution in [0, 0.1) is 5.92 Å². The molecule has 4 heteroatoms. The van der Waals surface area contributed by atoms with E-state index in [1.54, 1.807) is 18.2 Å². The van der Waals surface area contributed by atoms with Gasteiger partial charge in [-0.1, -0.05) is 23.2 Å². The molecule has 0 saturated carbocycles. The standard InChI is InChI=1S/C11H11Cl2NO/c12-8-1-2-10(13)9(5-8)11(15)7-3-4-14-6-7/h1-2,5,7,14H,3-4,6H2. The second-order valence-corrected chi connectivity index (χ2v) is 4.52. The zero-order chi connectivity index (χ0) is 10.8. The van der Waals surface area contributed by atoms with Gasteiger partial charge in [-0.25, -0.2) is 0 Å². The van der Waals surface area contributed by atoms with Gasteiger partial charge in [0.05, 0.1) is 5.02 Å². The average molecular weight is 244 g/mol. The summed E-state index contributed by atoms with van der Waals surface area (Å²) in [6.45, 7) is 1.64. The van der Waals surface area contributed by atoms with Crippen LogP contribution in [0.15, 0.2) is 18.2 Å². The Morgan fingerprint density at radius 3 is 2.87 bits per heavy atom. The number of carbonyl (C=O) groups is 1. The Bertz CT molecular complexity index is 386. The summed E-state index contributed by atoms with van der Waals surface area (Å²) in [5.41, 5.74) is 0.540. The maximum absolute atomic E-state index is 12.0. The molecule has 1 aliphatic heterocycles. The summed E-state index contributed by atoms with van der Waals surface area (Å²) in [7, 11) is 0. The highest BCUT2D eigenvalue weighted by Crippen LogP contribution is 2.25. The Hall–Kier alpha value is -0.570. The third-order valence-corrected chi connectivity index (χ3v) is 3.19. The summed E-state index contributed by atoms with van der Waals surface area (Å²) in [5.74, 6) is 0.133. The van der Waals surface area contributed by atoms with Gasteiger partial charge in [0, 0.05) is 23.0 Å². The summed E-state index contributed by atoms with van der Waals surface area (Å²) in [6.07, 6.45) is 0.877. The van der Waals surface area contributed by atoms with Crippen molar-refractivity contribution < 1.29 is 4.79 Å². The number of hydrogen-bond acceptors (Lipinski definition) is 2. The van der Waals surface area contributed by atoms with Crippen molar-refractivity contribution in [3.63, 3.8) is 0 Å². The van der Waals surface area contributed by atoms with Crippen molar-refractivity contribution in [3.8, 4) is 0 Å². The maximum Gasteiger partial charge on any atom is 0.168 e. The molecule has 1 heterocycles. The van der Waals surface area contributed by atoms with E-state index in [2.05, 4.69) is 5.32 Å². The van der Waals surface area contributed by atoms with E-state index in [4.69, 9.17) is 23.2 Å². The molecule has 2 nitrogen and oxygen atoms in total. The van der Waals surface area contributed by atoms with Gasteiger partial charge in [-0.2, -0.15) is 0 Å². The zero-order valence-corrected chi connectivity index (χ0v) is 9.61. The van der Waals surface area contributed by atoms with Crippen molar-refractivity contribution in [2.75, 3.05) is 13.1 Å². The Morgan fingerprint density at radius 1 is 1.40 bits per heavy atom. The molecule has 1 unspecified atom stereocenters. The molecule has 15 heavy (non-hydrogen) atoms. The third-order valence-electron chi connectivity index (χ3n) is 2.62. The van der Waals surface area contributed by atoms with Gasteiger partial charge in [-0.3, -0.25) is 4.79 Å². The number of halogens is 2. The van der Waals surface area contributed by atoms with E-state index in [1.165, 1.54) is 0 Å². The summed E-state index contributed by atoms with van der Waals surface area (Å²) in [5, 5.41) is 4.19. The number of ketones is 1. The Labute approximate surface area is 98.6 Å². The van der Waals surface area contributed by atoms with Gasteiger partial charge in [0.2, 0.25) is 0 Å². The molecule has 0 aliphatic carbocycles. The molecule has 1 aromatic rings. The van der Waals surface area contributed by atoms with Gasteiger partial charge in [0.1, 0.15) is 0 Å². The first-order chi connectivity index (χ1) is 7.18. The predicted molar refractivity (Wildman–Crippen MR) is 61.8 cm³/mol. The molecule has 1 saturated heterocycles. The van der Waals surface area contributed by atoms with E-state index in [0.717, 1.165) is 19.5 Å². The van der Waals surface area contributed by atoms with Crippen LogP contribution in [0.25, 0.3) is 0 Å². The quantitative estimate of drug-likeness (QED) is 0.810. The molecule has 0 bridgehead atoms. The van der Waals surface area contributed by atoms with Crippen molar-refractivity contribution in [2.24, 2.45) is 5.92 Å². The van der Waals surface area contributed by atoms with Crippen LogP contribution in [-0.2, 0) is 0 Å². The summed E-state index contributed by atoms with van der Waals surface area (Å²) in [4.78, 5) is 12.0. The Balaban J connectivity index is 2.27. The fourth-order valence-corrected chi connectivity index (χ4v) is 2.17. The highest BCUT2D eigenvalue weighted by atomic mass is 35.5. The fraction of sp³-hybridized carbons (Fsp3) is 0.364. The SMILES string of the molecule is O=C(c1cc(Cl)ccc1Cl)C1CCNC1. The molecule has 0 spiro atoms. The molecule has 0 radical (unpaired) electrons. The van der Waals surface area contributed by atoms with Crippen molar-refractivity contribution in [1.29, 1.82) is 0 Å². The van der Waals surface area contributed by atoms with Crippen LogP contribution in [-0.4, -0.2) is 18.9 Å². The van der Waals surface area contributed by atoms with Crippen LogP contribution >= 0.6 is 23.2 Å². The van der Waals surface area contributed by atoms with Crippen LogP contribution in [0.5, 0.6) is 0 Å². The molecule has 1 N–H and O–H groups in total. The molecule has 80 valence electrons. The third kappa shape index (κ3) is 2.33. The number of hydrogen-bond donors (Lipinski definition) is 1. The van der Waals surface area contributed by atoms with Crippen LogP contribution in [0.1, 0.15) is 16.8 Å². The van der Waals surface area contributed by atoms with Crippen LogP contribution in [0.2, 0.25) is 10.0 Å². The normalized spacial score (nSPS) is 20.5. The number of rotatable bonds is 2. The molecule has 1 aliphatic rings. The Morgan fingerprint density at radius 2 is 2.20 bits per heavy atom. The maximum atomic E-state index is 12.0. The largest absolute Gasteiger partial charge is 0.316 e. The minimum atomic E-state index is 0.0426. The second kappa shape index (κ2) is 4.52. The van der Waals surface area contributed by atoms with E-state index in [1.807, 2.05) is 0 Å². The Kier molecular flexibility index (Phi) is 3.29. The molecule has 0 amide bonds. The van der Waals surface area contributed by atoms with Crippen molar-refractivity contribution in [3.05, 3.63) is 33.8 Å². The van der Waals surface area contributed by atoms with Gasteiger partial charge >= 0.3 is 0 Å². The van der Waals surface area contributed by atoms with Crippen molar-refractivity contribution >= 4 is 29.0 Å². The molecule has 0 aromatic heterocycles. The van der Waals surface area contributed by atoms with E-state index in [0.29, 0.717) is 15.6 Å². The van der Waals surface area contributed by atoms with Gasteiger partial charge < -0.3 is 5.32 Å². The highest BCUT2D eigenvalue weighted by molar-refractivity contribution is 6.36. The molecule has 2 rings (SSSR count). The number of nitrogens with one attached hydrogen (secondary N) is 1. The molecule has 1 atom stereocenters. The van der Waals surface area contributed by atoms with Crippen molar-refractivity contribution in [1.82, 2.24) is 5.32 Å². The van der Waals surface area contributed by atoms with Gasteiger partial charge in [-0.15, -0.1) is 0 Å². The average Bonchev–Trinajstić information content (AvgIpc) is 2.74. The van der Waals surface area contributed by atoms with Crippen LogP contribution in [0.3, 0.4) is 0 Å². The number of benzene rings is 1. The predicted octanol–water partition coefficient (Wildman–Crippen LogP) is 2.79. The topological polar surface area (TPSA) is 29.1 Å². The minimum Gasteiger partial charge on any atom is -0.316 e. The first-order valence-corrected chi connectivity index (χ1v) is 5.64. The van der Waals surface area contributed by atoms with E-state index < -0.39 is 0 Å². The lowest BCUT2D eigenvalue weighted by Gasteiger charge is -2.08.